The Labute approximate surface area is 118 Å². The van der Waals surface area contributed by atoms with Crippen molar-refractivity contribution < 1.29 is 19.5 Å². The monoisotopic (exact) mass is 364 g/mol. The molecule has 2 aromatic carbocycles. The molecule has 0 saturated heterocycles. The Hall–Kier alpha value is 0.410. The number of hydrogen-bond donors (Lipinski definition) is 0. The summed E-state index contributed by atoms with van der Waals surface area (Å²) in [5.41, 5.74) is 0. The fourth-order valence-corrected chi connectivity index (χ4v) is 2.59. The molecule has 82 valence electrons. The van der Waals surface area contributed by atoms with E-state index in [2.05, 4.69) is 0 Å². The van der Waals surface area contributed by atoms with Gasteiger partial charge in [0.2, 0.25) is 0 Å². The maximum Gasteiger partial charge on any atom is 2.00 e. The van der Waals surface area contributed by atoms with Crippen molar-refractivity contribution in [3.05, 3.63) is 54.6 Å². The molecule has 0 N–H and O–H groups in total. The van der Waals surface area contributed by atoms with Gasteiger partial charge in [-0.1, -0.05) is 0 Å². The maximum atomic E-state index is 5.67. The van der Waals surface area contributed by atoms with E-state index in [1.165, 1.54) is 0 Å². The molecule has 0 aliphatic carbocycles. The summed E-state index contributed by atoms with van der Waals surface area (Å²) in [6.45, 7) is 0. The van der Waals surface area contributed by atoms with Crippen LogP contribution in [0.25, 0.3) is 0 Å². The molecule has 0 aliphatic rings. The Kier molecular flexibility index (Phi) is 7.85. The molecule has 5 heteroatoms. The third-order valence-corrected chi connectivity index (χ3v) is 4.50. The molecule has 0 heterocycles. The molecule has 2 rings (SSSR count). The summed E-state index contributed by atoms with van der Waals surface area (Å²) in [7, 11) is 0. The average molecular weight is 365 g/mol. The van der Waals surface area contributed by atoms with E-state index in [-0.39, 0.29) is 19.5 Å². The zero-order valence-electron chi connectivity index (χ0n) is 7.68. The Bertz CT molecular complexity index is 307. The Morgan fingerprint density at radius 3 is 1.53 bits per heavy atom. The summed E-state index contributed by atoms with van der Waals surface area (Å²) >= 11 is 17.0. The van der Waals surface area contributed by atoms with Gasteiger partial charge in [-0.2, -0.15) is 30.3 Å². The smallest absolute Gasteiger partial charge is 0.214 e. The van der Waals surface area contributed by atoms with Gasteiger partial charge in [-0.15, -0.1) is 38.4 Å². The summed E-state index contributed by atoms with van der Waals surface area (Å²) in [5, 5.41) is 0.854. The molecule has 0 fully saturated rings. The zero-order chi connectivity index (χ0) is 10.4. The van der Waals surface area contributed by atoms with Crippen LogP contribution in [0.4, 0.5) is 0 Å². The maximum absolute atomic E-state index is 5.67. The van der Waals surface area contributed by atoms with Crippen LogP contribution in [0.5, 0.6) is 0 Å². The van der Waals surface area contributed by atoms with Crippen molar-refractivity contribution in [3.63, 3.8) is 0 Å². The van der Waals surface area contributed by atoms with Gasteiger partial charge in [-0.3, -0.25) is 0 Å². The van der Waals surface area contributed by atoms with Crippen LogP contribution >= 0.6 is 33.2 Å². The zero-order valence-corrected chi connectivity index (χ0v) is 12.7. The van der Waals surface area contributed by atoms with Gasteiger partial charge in [0, 0.05) is 0 Å². The van der Waals surface area contributed by atoms with Crippen LogP contribution in [0.15, 0.2) is 54.6 Å². The molecule has 0 aromatic heterocycles. The van der Waals surface area contributed by atoms with Crippen LogP contribution in [0, 0.1) is 0 Å². The van der Waals surface area contributed by atoms with Crippen molar-refractivity contribution >= 4 is 44.4 Å². The second-order valence-electron chi connectivity index (χ2n) is 2.63. The molecule has 15 heavy (non-hydrogen) atoms. The van der Waals surface area contributed by atoms with Crippen molar-refractivity contribution in [1.82, 2.24) is 0 Å². The fourth-order valence-electron chi connectivity index (χ4n) is 0.884. The molecule has 0 bridgehead atoms. The minimum atomic E-state index is -2.56. The van der Waals surface area contributed by atoms with E-state index in [1.54, 1.807) is 0 Å². The minimum Gasteiger partial charge on any atom is -0.214 e. The van der Waals surface area contributed by atoms with Gasteiger partial charge in [-0.05, 0) is 0 Å². The Morgan fingerprint density at radius 2 is 1.33 bits per heavy atom. The largest absolute Gasteiger partial charge is 2.00 e. The normalized spacial score (nSPS) is 9.80. The van der Waals surface area contributed by atoms with Gasteiger partial charge in [0.05, 0.1) is 0 Å². The van der Waals surface area contributed by atoms with E-state index in [4.69, 9.17) is 33.2 Å². The van der Waals surface area contributed by atoms with Crippen LogP contribution in [-0.2, 0) is 19.5 Å². The summed E-state index contributed by atoms with van der Waals surface area (Å²) in [4.78, 5) is 0. The molecule has 0 spiro atoms. The third-order valence-electron chi connectivity index (χ3n) is 1.55. The number of halogens is 3. The predicted molar refractivity (Wildman–Crippen MR) is 67.0 cm³/mol. The summed E-state index contributed by atoms with van der Waals surface area (Å²) in [5.74, 6) is 0. The molecule has 0 amide bonds. The van der Waals surface area contributed by atoms with Crippen molar-refractivity contribution in [1.29, 1.82) is 0 Å². The molecule has 2 aromatic rings. The van der Waals surface area contributed by atoms with Crippen LogP contribution in [-0.4, -0.2) is 6.00 Å². The molecule has 0 radical (unpaired) electrons. The van der Waals surface area contributed by atoms with E-state index in [0.717, 1.165) is 5.19 Å². The van der Waals surface area contributed by atoms with E-state index in [9.17, 15) is 0 Å². The van der Waals surface area contributed by atoms with Gasteiger partial charge >= 0.3 is 25.5 Å². The van der Waals surface area contributed by atoms with E-state index >= 15 is 0 Å². The molecule has 0 saturated carbocycles. The third kappa shape index (κ3) is 6.55. The molecule has 0 atom stereocenters. The van der Waals surface area contributed by atoms with Crippen LogP contribution in [0.1, 0.15) is 0 Å². The van der Waals surface area contributed by atoms with Crippen molar-refractivity contribution in [3.8, 4) is 0 Å². The first-order valence-electron chi connectivity index (χ1n) is 4.06. The van der Waals surface area contributed by atoms with Crippen molar-refractivity contribution in [2.45, 2.75) is 0 Å². The van der Waals surface area contributed by atoms with E-state index in [1.807, 2.05) is 54.6 Å². The SMILES string of the molecule is Cl[Si](Cl)(Cl)[c-]1cccc1.[Ru+2].c1cc[cH-]c1. The Balaban J connectivity index is 0.000000280. The van der Waals surface area contributed by atoms with Gasteiger partial charge in [-0.25, -0.2) is 24.3 Å². The molecular formula is C10H9Cl3RuSi. The van der Waals surface area contributed by atoms with Gasteiger partial charge in [0.1, 0.15) is 0 Å². The topological polar surface area (TPSA) is 0 Å². The van der Waals surface area contributed by atoms with Gasteiger partial charge < -0.3 is 0 Å². The second-order valence-corrected chi connectivity index (χ2v) is 11.1. The van der Waals surface area contributed by atoms with Crippen LogP contribution in [0.2, 0.25) is 0 Å². The first-order chi connectivity index (χ1) is 6.61. The quantitative estimate of drug-likeness (QED) is 0.411. The number of hydrogen-bond acceptors (Lipinski definition) is 0. The van der Waals surface area contributed by atoms with Crippen molar-refractivity contribution in [2.75, 3.05) is 0 Å². The summed E-state index contributed by atoms with van der Waals surface area (Å²) in [6.07, 6.45) is 0. The average Bonchev–Trinajstić information content (AvgIpc) is 2.80. The minimum absolute atomic E-state index is 0. The first kappa shape index (κ1) is 15.4. The van der Waals surface area contributed by atoms with Gasteiger partial charge in [0.15, 0.2) is 0 Å². The van der Waals surface area contributed by atoms with E-state index < -0.39 is 6.00 Å². The van der Waals surface area contributed by atoms with Gasteiger partial charge in [0.25, 0.3) is 0 Å². The Morgan fingerprint density at radius 1 is 0.867 bits per heavy atom. The summed E-state index contributed by atoms with van der Waals surface area (Å²) in [6, 6.07) is 14.8. The fraction of sp³-hybridized carbons (Fsp3) is 0. The summed E-state index contributed by atoms with van der Waals surface area (Å²) < 4.78 is 0. The standard InChI is InChI=1S/C5H4Cl3Si.C5H5.Ru/c6-9(7,8)5-3-1-2-4-5;1-2-4-5-3-1;/h1-4H;1-5H;/q2*-1;+2. The molecule has 0 nitrogen and oxygen atoms in total. The number of rotatable bonds is 1. The molecule has 0 aliphatic heterocycles. The first-order valence-corrected chi connectivity index (χ1v) is 9.10. The molecular weight excluding hydrogens is 356 g/mol. The predicted octanol–water partition coefficient (Wildman–Crippen LogP) is 3.67. The van der Waals surface area contributed by atoms with Crippen LogP contribution in [0.3, 0.4) is 0 Å². The van der Waals surface area contributed by atoms with Crippen molar-refractivity contribution in [2.24, 2.45) is 0 Å². The van der Waals surface area contributed by atoms with Crippen LogP contribution < -0.4 is 5.19 Å². The van der Waals surface area contributed by atoms with E-state index in [0.29, 0.717) is 0 Å². The second kappa shape index (κ2) is 7.65. The molecule has 0 unspecified atom stereocenters.